The number of amides is 1. The van der Waals surface area contributed by atoms with E-state index in [0.717, 1.165) is 17.8 Å². The van der Waals surface area contributed by atoms with Gasteiger partial charge in [-0.25, -0.2) is 4.98 Å². The second-order valence-corrected chi connectivity index (χ2v) is 7.39. The maximum Gasteiger partial charge on any atom is 0.264 e. The molecule has 3 rings (SSSR count). The van der Waals surface area contributed by atoms with Gasteiger partial charge in [-0.1, -0.05) is 0 Å². The molecule has 0 atom stereocenters. The van der Waals surface area contributed by atoms with Crippen LogP contribution in [0.15, 0.2) is 0 Å². The number of rotatable bonds is 3. The minimum Gasteiger partial charge on any atom is -0.473 e. The van der Waals surface area contributed by atoms with Crippen molar-refractivity contribution in [1.82, 2.24) is 9.88 Å². The third-order valence-corrected chi connectivity index (χ3v) is 5.54. The summed E-state index contributed by atoms with van der Waals surface area (Å²) >= 11 is 1.31. The summed E-state index contributed by atoms with van der Waals surface area (Å²) in [7, 11) is 2.18. The van der Waals surface area contributed by atoms with Gasteiger partial charge in [0.15, 0.2) is 4.88 Å². The number of thiazole rings is 1. The molecule has 1 aliphatic carbocycles. The summed E-state index contributed by atoms with van der Waals surface area (Å²) < 4.78 is 5.90. The Labute approximate surface area is 123 Å². The Bertz CT molecular complexity index is 512. The highest BCUT2D eigenvalue weighted by Crippen LogP contribution is 2.50. The van der Waals surface area contributed by atoms with Crippen molar-refractivity contribution in [3.8, 4) is 5.88 Å². The van der Waals surface area contributed by atoms with Crippen molar-refractivity contribution >= 4 is 17.2 Å². The van der Waals surface area contributed by atoms with E-state index in [1.807, 2.05) is 6.92 Å². The summed E-state index contributed by atoms with van der Waals surface area (Å²) in [5.41, 5.74) is 5.83. The Hall–Kier alpha value is -1.14. The number of primary amides is 1. The third kappa shape index (κ3) is 2.54. The molecule has 2 aliphatic rings. The fourth-order valence-electron chi connectivity index (χ4n) is 3.29. The fourth-order valence-corrected chi connectivity index (χ4v) is 4.00. The molecule has 20 heavy (non-hydrogen) atoms. The molecule has 1 aromatic heterocycles. The molecule has 0 unspecified atom stereocenters. The summed E-state index contributed by atoms with van der Waals surface area (Å²) in [6.45, 7) is 4.22. The Morgan fingerprint density at radius 1 is 1.45 bits per heavy atom. The van der Waals surface area contributed by atoms with Gasteiger partial charge in [-0.15, -0.1) is 11.3 Å². The van der Waals surface area contributed by atoms with Crippen LogP contribution in [0.3, 0.4) is 0 Å². The minimum absolute atomic E-state index is 0.193. The lowest BCUT2D eigenvalue weighted by molar-refractivity contribution is -0.0532. The van der Waals surface area contributed by atoms with Gasteiger partial charge in [0.05, 0.1) is 5.01 Å². The number of aromatic nitrogens is 1. The predicted octanol–water partition coefficient (Wildman–Crippen LogP) is 1.80. The Kier molecular flexibility index (Phi) is 3.46. The Balaban J connectivity index is 1.60. The van der Waals surface area contributed by atoms with Gasteiger partial charge < -0.3 is 15.4 Å². The van der Waals surface area contributed by atoms with Crippen LogP contribution in [0, 0.1) is 12.3 Å². The van der Waals surface area contributed by atoms with Crippen LogP contribution in [0.5, 0.6) is 5.88 Å². The number of aryl methyl sites for hydroxylation is 1. The van der Waals surface area contributed by atoms with Crippen LogP contribution in [0.2, 0.25) is 0 Å². The number of nitrogens with zero attached hydrogens (tertiary/aromatic N) is 2. The van der Waals surface area contributed by atoms with Crippen molar-refractivity contribution < 1.29 is 9.53 Å². The van der Waals surface area contributed by atoms with Gasteiger partial charge in [0.2, 0.25) is 5.88 Å². The van der Waals surface area contributed by atoms with E-state index in [1.54, 1.807) is 0 Å². The van der Waals surface area contributed by atoms with E-state index in [1.165, 1.54) is 37.3 Å². The predicted molar refractivity (Wildman–Crippen MR) is 78.2 cm³/mol. The molecule has 2 N–H and O–H groups in total. The molecule has 1 amide bonds. The molecular weight excluding hydrogens is 274 g/mol. The number of hydrogen-bond donors (Lipinski definition) is 1. The Morgan fingerprint density at radius 2 is 2.10 bits per heavy atom. The summed E-state index contributed by atoms with van der Waals surface area (Å²) in [4.78, 5) is 18.5. The number of carbonyl (C=O) groups is 1. The van der Waals surface area contributed by atoms with Crippen molar-refractivity contribution in [2.24, 2.45) is 11.1 Å². The number of nitrogens with two attached hydrogens (primary N) is 1. The van der Waals surface area contributed by atoms with Crippen molar-refractivity contribution in [1.29, 1.82) is 0 Å². The number of carbonyl (C=O) groups excluding carboxylic acids is 1. The molecule has 5 nitrogen and oxygen atoms in total. The average molecular weight is 295 g/mol. The van der Waals surface area contributed by atoms with Crippen molar-refractivity contribution in [3.05, 3.63) is 9.88 Å². The van der Waals surface area contributed by atoms with Crippen molar-refractivity contribution in [2.75, 3.05) is 20.1 Å². The van der Waals surface area contributed by atoms with Crippen molar-refractivity contribution in [3.63, 3.8) is 0 Å². The summed E-state index contributed by atoms with van der Waals surface area (Å²) in [6, 6.07) is 0. The zero-order valence-corrected chi connectivity index (χ0v) is 12.8. The summed E-state index contributed by atoms with van der Waals surface area (Å²) in [5, 5.41) is 0.821. The van der Waals surface area contributed by atoms with Crippen LogP contribution in [0.4, 0.5) is 0 Å². The molecule has 1 saturated heterocycles. The maximum absolute atomic E-state index is 11.4. The topological polar surface area (TPSA) is 68.4 Å². The van der Waals surface area contributed by atoms with Gasteiger partial charge in [0.25, 0.3) is 5.91 Å². The van der Waals surface area contributed by atoms with E-state index in [9.17, 15) is 4.79 Å². The van der Waals surface area contributed by atoms with Crippen LogP contribution in [0.1, 0.15) is 40.4 Å². The maximum atomic E-state index is 11.4. The number of likely N-dealkylation sites (tertiary alicyclic amines) is 1. The van der Waals surface area contributed by atoms with E-state index < -0.39 is 5.91 Å². The highest BCUT2D eigenvalue weighted by atomic mass is 32.1. The minimum atomic E-state index is -0.445. The molecule has 2 heterocycles. The van der Waals surface area contributed by atoms with Gasteiger partial charge in [0.1, 0.15) is 6.10 Å². The van der Waals surface area contributed by atoms with Crippen LogP contribution in [-0.4, -0.2) is 42.0 Å². The first kappa shape index (κ1) is 13.8. The zero-order chi connectivity index (χ0) is 14.3. The fraction of sp³-hybridized carbons (Fsp3) is 0.714. The van der Waals surface area contributed by atoms with Crippen molar-refractivity contribution in [2.45, 2.75) is 38.7 Å². The van der Waals surface area contributed by atoms with Crippen LogP contribution < -0.4 is 10.5 Å². The monoisotopic (exact) mass is 295 g/mol. The average Bonchev–Trinajstić information content (AvgIpc) is 2.71. The number of hydrogen-bond acceptors (Lipinski definition) is 5. The molecule has 1 aromatic rings. The van der Waals surface area contributed by atoms with Gasteiger partial charge >= 0.3 is 0 Å². The lowest BCUT2D eigenvalue weighted by Gasteiger charge is -2.51. The van der Waals surface area contributed by atoms with E-state index in [0.29, 0.717) is 16.2 Å². The molecule has 6 heteroatoms. The van der Waals surface area contributed by atoms with E-state index >= 15 is 0 Å². The molecule has 110 valence electrons. The Morgan fingerprint density at radius 3 is 2.70 bits per heavy atom. The first-order valence-electron chi connectivity index (χ1n) is 7.10. The van der Waals surface area contributed by atoms with E-state index in [2.05, 4.69) is 16.9 Å². The summed E-state index contributed by atoms with van der Waals surface area (Å²) in [5.74, 6) is -0.00768. The lowest BCUT2D eigenvalue weighted by Crippen LogP contribution is -2.50. The van der Waals surface area contributed by atoms with Gasteiger partial charge in [-0.2, -0.15) is 0 Å². The highest BCUT2D eigenvalue weighted by Gasteiger charge is 2.47. The zero-order valence-electron chi connectivity index (χ0n) is 12.0. The molecule has 0 radical (unpaired) electrons. The molecule has 1 spiro atoms. The second kappa shape index (κ2) is 5.00. The number of ether oxygens (including phenoxy) is 1. The van der Waals surface area contributed by atoms with Gasteiger partial charge in [-0.05, 0) is 58.2 Å². The van der Waals surface area contributed by atoms with E-state index in [4.69, 9.17) is 10.5 Å². The lowest BCUT2D eigenvalue weighted by atomic mass is 9.61. The SMILES string of the molecule is Cc1nc(OC2CC3(CCN(C)CC3)C2)c(C(N)=O)s1. The molecule has 0 aromatic carbocycles. The molecule has 2 fully saturated rings. The largest absolute Gasteiger partial charge is 0.473 e. The summed E-state index contributed by atoms with van der Waals surface area (Å²) in [6.07, 6.45) is 4.85. The molecule has 1 aliphatic heterocycles. The quantitative estimate of drug-likeness (QED) is 0.923. The molecule has 0 bridgehead atoms. The standard InChI is InChI=1S/C14H21N3O2S/c1-9-16-13(11(20-9)12(15)18)19-10-7-14(8-10)3-5-17(2)6-4-14/h10H,3-8H2,1-2H3,(H2,15,18). The second-order valence-electron chi connectivity index (χ2n) is 6.18. The van der Waals surface area contributed by atoms with Crippen LogP contribution >= 0.6 is 11.3 Å². The van der Waals surface area contributed by atoms with E-state index in [-0.39, 0.29) is 6.10 Å². The smallest absolute Gasteiger partial charge is 0.264 e. The highest BCUT2D eigenvalue weighted by molar-refractivity contribution is 7.13. The van der Waals surface area contributed by atoms with Gasteiger partial charge in [-0.3, -0.25) is 4.79 Å². The van der Waals surface area contributed by atoms with Crippen LogP contribution in [0.25, 0.3) is 0 Å². The number of piperidine rings is 1. The normalized spacial score (nSPS) is 22.7. The molecular formula is C14H21N3O2S. The van der Waals surface area contributed by atoms with Crippen LogP contribution in [-0.2, 0) is 0 Å². The first-order chi connectivity index (χ1) is 9.47. The first-order valence-corrected chi connectivity index (χ1v) is 7.91. The molecule has 1 saturated carbocycles. The van der Waals surface area contributed by atoms with Gasteiger partial charge in [0, 0.05) is 0 Å². The third-order valence-electron chi connectivity index (χ3n) is 4.57.